The van der Waals surface area contributed by atoms with E-state index >= 15 is 0 Å². The highest BCUT2D eigenvalue weighted by atomic mass is 19.4. The van der Waals surface area contributed by atoms with Gasteiger partial charge in [0.2, 0.25) is 0 Å². The van der Waals surface area contributed by atoms with Gasteiger partial charge in [-0.2, -0.15) is 0 Å². The predicted molar refractivity (Wildman–Crippen MR) is 55.0 cm³/mol. The maximum Gasteiger partial charge on any atom is 0.573 e. The summed E-state index contributed by atoms with van der Waals surface area (Å²) in [7, 11) is 0. The normalized spacial score (nSPS) is 11.7. The Morgan fingerprint density at radius 3 is 2.50 bits per heavy atom. The molecule has 5 heteroatoms. The molecule has 0 atom stereocenters. The first-order valence-corrected chi connectivity index (χ1v) is 4.50. The number of hydrogen-bond acceptors (Lipinski definition) is 2. The summed E-state index contributed by atoms with van der Waals surface area (Å²) in [6.45, 7) is 0. The molecule has 0 aliphatic heterocycles. The van der Waals surface area contributed by atoms with Crippen LogP contribution in [-0.4, -0.2) is 6.36 Å². The fraction of sp³-hybridized carbons (Fsp3) is 0.0909. The van der Waals surface area contributed by atoms with Gasteiger partial charge in [-0.15, -0.1) is 13.2 Å². The van der Waals surface area contributed by atoms with Crippen molar-refractivity contribution in [2.75, 3.05) is 5.73 Å². The molecule has 2 nitrogen and oxygen atoms in total. The van der Waals surface area contributed by atoms with Crippen LogP contribution in [0.2, 0.25) is 0 Å². The van der Waals surface area contributed by atoms with E-state index in [0.717, 1.165) is 0 Å². The molecule has 2 N–H and O–H groups in total. The lowest BCUT2D eigenvalue weighted by Gasteiger charge is -2.09. The van der Waals surface area contributed by atoms with Gasteiger partial charge >= 0.3 is 6.36 Å². The number of fused-ring (bicyclic) bond motifs is 1. The Bertz CT molecular complexity index is 522. The number of benzene rings is 2. The second-order valence-electron chi connectivity index (χ2n) is 3.28. The van der Waals surface area contributed by atoms with E-state index in [4.69, 9.17) is 5.73 Å². The van der Waals surface area contributed by atoms with Gasteiger partial charge in [-0.1, -0.05) is 12.1 Å². The zero-order valence-corrected chi connectivity index (χ0v) is 8.08. The highest BCUT2D eigenvalue weighted by molar-refractivity contribution is 5.93. The zero-order valence-electron chi connectivity index (χ0n) is 8.08. The van der Waals surface area contributed by atoms with Gasteiger partial charge in [0.05, 0.1) is 0 Å². The predicted octanol–water partition coefficient (Wildman–Crippen LogP) is 3.32. The Morgan fingerprint density at radius 1 is 1.06 bits per heavy atom. The number of nitrogen functional groups attached to an aromatic ring is 1. The lowest BCUT2D eigenvalue weighted by atomic mass is 10.1. The van der Waals surface area contributed by atoms with Crippen LogP contribution >= 0.6 is 0 Å². The van der Waals surface area contributed by atoms with E-state index in [1.165, 1.54) is 18.2 Å². The molecular weight excluding hydrogens is 219 g/mol. The van der Waals surface area contributed by atoms with Crippen molar-refractivity contribution < 1.29 is 17.9 Å². The Balaban J connectivity index is 2.45. The largest absolute Gasteiger partial charge is 0.573 e. The molecule has 16 heavy (non-hydrogen) atoms. The zero-order chi connectivity index (χ0) is 11.8. The maximum atomic E-state index is 12.0. The van der Waals surface area contributed by atoms with E-state index in [9.17, 15) is 13.2 Å². The quantitative estimate of drug-likeness (QED) is 0.758. The van der Waals surface area contributed by atoms with Crippen LogP contribution in [0.3, 0.4) is 0 Å². The molecule has 0 unspecified atom stereocenters. The SMILES string of the molecule is Nc1cccc2cc(OC(F)(F)F)ccc12. The van der Waals surface area contributed by atoms with Crippen molar-refractivity contribution in [3.8, 4) is 5.75 Å². The van der Waals surface area contributed by atoms with Crippen LogP contribution in [0.5, 0.6) is 5.75 Å². The third kappa shape index (κ3) is 2.18. The first kappa shape index (κ1) is 10.6. The van der Waals surface area contributed by atoms with E-state index in [2.05, 4.69) is 4.74 Å². The molecule has 0 heterocycles. The molecule has 0 spiro atoms. The van der Waals surface area contributed by atoms with Gasteiger partial charge in [0, 0.05) is 11.1 Å². The van der Waals surface area contributed by atoms with Gasteiger partial charge in [0.1, 0.15) is 5.75 Å². The second-order valence-corrected chi connectivity index (χ2v) is 3.28. The summed E-state index contributed by atoms with van der Waals surface area (Å²) in [5.74, 6) is -0.245. The summed E-state index contributed by atoms with van der Waals surface area (Å²) in [5.41, 5.74) is 6.19. The van der Waals surface area contributed by atoms with Gasteiger partial charge in [-0.05, 0) is 29.7 Å². The molecule has 0 aliphatic rings. The summed E-state index contributed by atoms with van der Waals surface area (Å²) in [6, 6.07) is 9.09. The Morgan fingerprint density at radius 2 is 1.81 bits per heavy atom. The molecule has 0 radical (unpaired) electrons. The number of ether oxygens (including phenoxy) is 1. The molecule has 0 saturated carbocycles. The van der Waals surface area contributed by atoms with Crippen LogP contribution in [0.25, 0.3) is 10.8 Å². The number of rotatable bonds is 1. The molecule has 84 valence electrons. The molecule has 2 aromatic rings. The maximum absolute atomic E-state index is 12.0. The minimum absolute atomic E-state index is 0.245. The average Bonchev–Trinajstić information content (AvgIpc) is 2.15. The number of nitrogens with two attached hydrogens (primary N) is 1. The summed E-state index contributed by atoms with van der Waals surface area (Å²) >= 11 is 0. The molecular formula is C11H8F3NO. The fourth-order valence-electron chi connectivity index (χ4n) is 1.48. The van der Waals surface area contributed by atoms with Gasteiger partial charge < -0.3 is 10.5 Å². The van der Waals surface area contributed by atoms with Crippen molar-refractivity contribution in [1.82, 2.24) is 0 Å². The molecule has 0 aromatic heterocycles. The van der Waals surface area contributed by atoms with Crippen molar-refractivity contribution in [3.63, 3.8) is 0 Å². The van der Waals surface area contributed by atoms with Crippen molar-refractivity contribution in [2.45, 2.75) is 6.36 Å². The van der Waals surface area contributed by atoms with Crippen molar-refractivity contribution >= 4 is 16.5 Å². The lowest BCUT2D eigenvalue weighted by molar-refractivity contribution is -0.274. The fourth-order valence-corrected chi connectivity index (χ4v) is 1.48. The van der Waals surface area contributed by atoms with Crippen LogP contribution < -0.4 is 10.5 Å². The van der Waals surface area contributed by atoms with Crippen molar-refractivity contribution in [2.24, 2.45) is 0 Å². The molecule has 0 saturated heterocycles. The monoisotopic (exact) mass is 227 g/mol. The summed E-state index contributed by atoms with van der Waals surface area (Å²) in [5, 5.41) is 1.32. The number of anilines is 1. The topological polar surface area (TPSA) is 35.2 Å². The van der Waals surface area contributed by atoms with E-state index in [1.807, 2.05) is 0 Å². The van der Waals surface area contributed by atoms with Crippen LogP contribution in [0.15, 0.2) is 36.4 Å². The van der Waals surface area contributed by atoms with Crippen LogP contribution in [0.1, 0.15) is 0 Å². The molecule has 0 aliphatic carbocycles. The first-order valence-electron chi connectivity index (χ1n) is 4.50. The minimum atomic E-state index is -4.67. The molecule has 0 amide bonds. The summed E-state index contributed by atoms with van der Waals surface area (Å²) in [6.07, 6.45) is -4.67. The second kappa shape index (κ2) is 3.59. The number of hydrogen-bond donors (Lipinski definition) is 1. The van der Waals surface area contributed by atoms with E-state index < -0.39 is 6.36 Å². The highest BCUT2D eigenvalue weighted by Crippen LogP contribution is 2.28. The molecule has 0 fully saturated rings. The van der Waals surface area contributed by atoms with E-state index in [1.54, 1.807) is 18.2 Å². The lowest BCUT2D eigenvalue weighted by Crippen LogP contribution is -2.16. The van der Waals surface area contributed by atoms with E-state index in [0.29, 0.717) is 16.5 Å². The third-order valence-corrected chi connectivity index (χ3v) is 2.12. The smallest absolute Gasteiger partial charge is 0.406 e. The Labute approximate surface area is 89.4 Å². The average molecular weight is 227 g/mol. The molecule has 0 bridgehead atoms. The van der Waals surface area contributed by atoms with Crippen LogP contribution in [0.4, 0.5) is 18.9 Å². The number of halogens is 3. The van der Waals surface area contributed by atoms with Crippen LogP contribution in [-0.2, 0) is 0 Å². The van der Waals surface area contributed by atoms with E-state index in [-0.39, 0.29) is 5.75 Å². The van der Waals surface area contributed by atoms with Crippen molar-refractivity contribution in [1.29, 1.82) is 0 Å². The number of alkyl halides is 3. The Hall–Kier alpha value is -1.91. The van der Waals surface area contributed by atoms with Gasteiger partial charge in [0.15, 0.2) is 0 Å². The standard InChI is InChI=1S/C11H8F3NO/c12-11(13,14)16-8-4-5-9-7(6-8)2-1-3-10(9)15/h1-6H,15H2. The van der Waals surface area contributed by atoms with Gasteiger partial charge in [0.25, 0.3) is 0 Å². The first-order chi connectivity index (χ1) is 7.46. The molecule has 2 rings (SSSR count). The van der Waals surface area contributed by atoms with Gasteiger partial charge in [-0.25, -0.2) is 0 Å². The molecule has 2 aromatic carbocycles. The Kier molecular flexibility index (Phi) is 2.38. The highest BCUT2D eigenvalue weighted by Gasteiger charge is 2.31. The minimum Gasteiger partial charge on any atom is -0.406 e. The van der Waals surface area contributed by atoms with Crippen LogP contribution in [0, 0.1) is 0 Å². The summed E-state index contributed by atoms with van der Waals surface area (Å²) in [4.78, 5) is 0. The van der Waals surface area contributed by atoms with Crippen molar-refractivity contribution in [3.05, 3.63) is 36.4 Å². The third-order valence-electron chi connectivity index (χ3n) is 2.12. The van der Waals surface area contributed by atoms with Gasteiger partial charge in [-0.3, -0.25) is 0 Å². The summed E-state index contributed by atoms with van der Waals surface area (Å²) < 4.78 is 39.7.